The van der Waals surface area contributed by atoms with Crippen LogP contribution in [0, 0.1) is 17.8 Å². The van der Waals surface area contributed by atoms with E-state index < -0.39 is 48.4 Å². The molecule has 0 aromatic heterocycles. The SMILES string of the molecule is CCCCOC(=O)OC(C)C(C)C(c1ccc(OC(=O)OCC(C)C)c(OC(=O)OCC(C)C)c1)[C@H](N)C(=O)O. The van der Waals surface area contributed by atoms with Gasteiger partial charge in [-0.1, -0.05) is 54.0 Å². The average Bonchev–Trinajstić information content (AvgIpc) is 2.87. The smallest absolute Gasteiger partial charge is 0.480 e. The van der Waals surface area contributed by atoms with Crippen LogP contribution in [-0.2, 0) is 23.7 Å². The molecule has 0 radical (unpaired) electrons. The second kappa shape index (κ2) is 17.2. The third-order valence-corrected chi connectivity index (χ3v) is 5.79. The number of carboxylic acids is 1. The number of ether oxygens (including phenoxy) is 6. The van der Waals surface area contributed by atoms with E-state index in [0.717, 1.165) is 6.42 Å². The third-order valence-electron chi connectivity index (χ3n) is 5.79. The number of unbranched alkanes of at least 4 members (excludes halogenated alkanes) is 1. The van der Waals surface area contributed by atoms with E-state index in [1.165, 1.54) is 18.2 Å². The van der Waals surface area contributed by atoms with Gasteiger partial charge in [0.1, 0.15) is 12.1 Å². The topological polar surface area (TPSA) is 170 Å². The van der Waals surface area contributed by atoms with Gasteiger partial charge in [-0.15, -0.1) is 0 Å². The van der Waals surface area contributed by atoms with Crippen molar-refractivity contribution in [2.75, 3.05) is 19.8 Å². The highest BCUT2D eigenvalue weighted by molar-refractivity contribution is 5.75. The number of aliphatic carboxylic acids is 1. The van der Waals surface area contributed by atoms with Crippen LogP contribution >= 0.6 is 0 Å². The number of carbonyl (C=O) groups is 4. The Morgan fingerprint density at radius 3 is 1.88 bits per heavy atom. The maximum Gasteiger partial charge on any atom is 0.513 e. The van der Waals surface area contributed by atoms with Gasteiger partial charge in [0.2, 0.25) is 0 Å². The number of benzene rings is 1. The molecular formula is C28H43NO11. The minimum Gasteiger partial charge on any atom is -0.480 e. The van der Waals surface area contributed by atoms with Crippen LogP contribution in [-0.4, -0.2) is 61.5 Å². The monoisotopic (exact) mass is 569 g/mol. The van der Waals surface area contributed by atoms with Gasteiger partial charge in [-0.25, -0.2) is 14.4 Å². The van der Waals surface area contributed by atoms with E-state index in [0.29, 0.717) is 12.0 Å². The predicted octanol–water partition coefficient (Wildman–Crippen LogP) is 5.50. The van der Waals surface area contributed by atoms with Gasteiger partial charge in [-0.3, -0.25) is 4.79 Å². The Bertz CT molecular complexity index is 979. The van der Waals surface area contributed by atoms with Crippen molar-refractivity contribution in [3.05, 3.63) is 23.8 Å². The summed E-state index contributed by atoms with van der Waals surface area (Å²) >= 11 is 0. The van der Waals surface area contributed by atoms with Crippen molar-refractivity contribution >= 4 is 24.4 Å². The van der Waals surface area contributed by atoms with Crippen molar-refractivity contribution < 1.29 is 52.7 Å². The van der Waals surface area contributed by atoms with Crippen molar-refractivity contribution in [3.8, 4) is 11.5 Å². The van der Waals surface area contributed by atoms with Crippen LogP contribution in [0.25, 0.3) is 0 Å². The summed E-state index contributed by atoms with van der Waals surface area (Å²) in [6.45, 7) is 13.0. The van der Waals surface area contributed by atoms with E-state index in [9.17, 15) is 24.3 Å². The molecule has 0 aliphatic heterocycles. The Balaban J connectivity index is 3.35. The van der Waals surface area contributed by atoms with Gasteiger partial charge in [0.05, 0.1) is 19.8 Å². The Hall–Kier alpha value is -3.54. The quantitative estimate of drug-likeness (QED) is 0.118. The molecule has 0 bridgehead atoms. The van der Waals surface area contributed by atoms with Crippen LogP contribution < -0.4 is 15.2 Å². The van der Waals surface area contributed by atoms with Crippen molar-refractivity contribution in [2.45, 2.75) is 79.4 Å². The predicted molar refractivity (Wildman–Crippen MR) is 144 cm³/mol. The van der Waals surface area contributed by atoms with E-state index >= 15 is 0 Å². The molecule has 0 saturated carbocycles. The van der Waals surface area contributed by atoms with Gasteiger partial charge in [0.15, 0.2) is 11.5 Å². The Morgan fingerprint density at radius 2 is 1.38 bits per heavy atom. The first-order valence-corrected chi connectivity index (χ1v) is 13.4. The average molecular weight is 570 g/mol. The summed E-state index contributed by atoms with van der Waals surface area (Å²) in [5.41, 5.74) is 6.40. The molecule has 3 unspecified atom stereocenters. The molecule has 0 aliphatic carbocycles. The highest BCUT2D eigenvalue weighted by Crippen LogP contribution is 2.37. The summed E-state index contributed by atoms with van der Waals surface area (Å²) in [5, 5.41) is 9.73. The minimum absolute atomic E-state index is 0.0366. The molecule has 0 fully saturated rings. The lowest BCUT2D eigenvalue weighted by atomic mass is 9.79. The fraction of sp³-hybridized carbons (Fsp3) is 0.643. The molecule has 0 spiro atoms. The first-order chi connectivity index (χ1) is 18.8. The second-order valence-electron chi connectivity index (χ2n) is 10.3. The van der Waals surface area contributed by atoms with Crippen molar-refractivity contribution in [1.29, 1.82) is 0 Å². The highest BCUT2D eigenvalue weighted by Gasteiger charge is 2.36. The molecule has 1 rings (SSSR count). The molecule has 12 heteroatoms. The van der Waals surface area contributed by atoms with Crippen molar-refractivity contribution in [1.82, 2.24) is 0 Å². The zero-order valence-corrected chi connectivity index (χ0v) is 24.3. The summed E-state index contributed by atoms with van der Waals surface area (Å²) in [6, 6.07) is 2.71. The highest BCUT2D eigenvalue weighted by atomic mass is 16.7. The summed E-state index contributed by atoms with van der Waals surface area (Å²) in [7, 11) is 0. The third kappa shape index (κ3) is 12.1. The first kappa shape index (κ1) is 34.5. The van der Waals surface area contributed by atoms with Gasteiger partial charge in [0, 0.05) is 11.8 Å². The second-order valence-corrected chi connectivity index (χ2v) is 10.3. The fourth-order valence-electron chi connectivity index (χ4n) is 3.48. The number of rotatable bonds is 15. The largest absolute Gasteiger partial charge is 0.513 e. The standard InChI is InChI=1S/C28H43NO11/c1-8-9-12-35-26(32)38-19(7)18(6)23(24(29)25(30)31)20-10-11-21(39-27(33)36-14-16(2)3)22(13-20)40-28(34)37-15-17(4)5/h10-11,13,16-19,23-24H,8-9,12,14-15,29H2,1-7H3,(H,30,31)/t18?,19?,23?,24-/m0/s1. The molecule has 0 saturated heterocycles. The van der Waals surface area contributed by atoms with E-state index in [1.807, 2.05) is 34.6 Å². The summed E-state index contributed by atoms with van der Waals surface area (Å²) in [4.78, 5) is 48.6. The summed E-state index contributed by atoms with van der Waals surface area (Å²) in [6.07, 6.45) is -2.24. The number of hydrogen-bond acceptors (Lipinski definition) is 11. The first-order valence-electron chi connectivity index (χ1n) is 13.4. The number of carbonyl (C=O) groups excluding carboxylic acids is 3. The zero-order chi connectivity index (χ0) is 30.4. The van der Waals surface area contributed by atoms with Crippen LogP contribution in [0.4, 0.5) is 14.4 Å². The molecule has 226 valence electrons. The molecule has 1 aromatic carbocycles. The van der Waals surface area contributed by atoms with E-state index in [4.69, 9.17) is 34.2 Å². The van der Waals surface area contributed by atoms with E-state index in [1.54, 1.807) is 13.8 Å². The molecule has 4 atom stereocenters. The van der Waals surface area contributed by atoms with Gasteiger partial charge in [0.25, 0.3) is 0 Å². The number of carboxylic acid groups (broad SMARTS) is 1. The Labute approximate surface area is 235 Å². The summed E-state index contributed by atoms with van der Waals surface area (Å²) in [5.74, 6) is -3.13. The molecule has 1 aromatic rings. The molecule has 40 heavy (non-hydrogen) atoms. The maximum absolute atomic E-state index is 12.4. The molecule has 0 heterocycles. The van der Waals surface area contributed by atoms with Crippen LogP contribution in [0.5, 0.6) is 11.5 Å². The van der Waals surface area contributed by atoms with Gasteiger partial charge in [-0.05, 0) is 42.9 Å². The van der Waals surface area contributed by atoms with Gasteiger partial charge in [-0.2, -0.15) is 0 Å². The normalized spacial score (nSPS) is 14.1. The van der Waals surface area contributed by atoms with Gasteiger partial charge < -0.3 is 39.3 Å². The van der Waals surface area contributed by atoms with Gasteiger partial charge >= 0.3 is 24.4 Å². The van der Waals surface area contributed by atoms with E-state index in [-0.39, 0.29) is 43.2 Å². The molecule has 12 nitrogen and oxygen atoms in total. The zero-order valence-electron chi connectivity index (χ0n) is 24.3. The van der Waals surface area contributed by atoms with Crippen LogP contribution in [0.2, 0.25) is 0 Å². The van der Waals surface area contributed by atoms with Crippen LogP contribution in [0.1, 0.15) is 72.8 Å². The Kier molecular flexibility index (Phi) is 14.8. The molecule has 0 aliphatic rings. The van der Waals surface area contributed by atoms with Crippen molar-refractivity contribution in [2.24, 2.45) is 23.5 Å². The summed E-state index contributed by atoms with van der Waals surface area (Å²) < 4.78 is 31.1. The molecule has 0 amide bonds. The lowest BCUT2D eigenvalue weighted by Crippen LogP contribution is -2.42. The van der Waals surface area contributed by atoms with Crippen LogP contribution in [0.3, 0.4) is 0 Å². The number of nitrogens with two attached hydrogens (primary N) is 1. The molecule has 3 N–H and O–H groups in total. The lowest BCUT2D eigenvalue weighted by molar-refractivity contribution is -0.139. The Morgan fingerprint density at radius 1 is 0.825 bits per heavy atom. The van der Waals surface area contributed by atoms with E-state index in [2.05, 4.69) is 0 Å². The number of hydrogen-bond donors (Lipinski definition) is 2. The fourth-order valence-corrected chi connectivity index (χ4v) is 3.48. The molecular weight excluding hydrogens is 526 g/mol. The van der Waals surface area contributed by atoms with Crippen molar-refractivity contribution in [3.63, 3.8) is 0 Å². The maximum atomic E-state index is 12.4. The lowest BCUT2D eigenvalue weighted by Gasteiger charge is -2.31. The minimum atomic E-state index is -1.43. The van der Waals surface area contributed by atoms with Crippen LogP contribution in [0.15, 0.2) is 18.2 Å².